The van der Waals surface area contributed by atoms with Gasteiger partial charge in [0.1, 0.15) is 5.82 Å². The van der Waals surface area contributed by atoms with Crippen molar-refractivity contribution in [2.45, 2.75) is 25.8 Å². The van der Waals surface area contributed by atoms with Gasteiger partial charge in [0.15, 0.2) is 0 Å². The Bertz CT molecular complexity index is 542. The van der Waals surface area contributed by atoms with Gasteiger partial charge in [-0.05, 0) is 36.2 Å². The maximum absolute atomic E-state index is 13.3. The summed E-state index contributed by atoms with van der Waals surface area (Å²) in [6.07, 6.45) is 2.25. The van der Waals surface area contributed by atoms with Crippen LogP contribution in [0.1, 0.15) is 31.4 Å². The Hall–Kier alpha value is -1.87. The van der Waals surface area contributed by atoms with Gasteiger partial charge in [-0.15, -0.1) is 0 Å². The van der Waals surface area contributed by atoms with E-state index in [1.165, 1.54) is 12.1 Å². The number of anilines is 1. The molecule has 2 N–H and O–H groups in total. The van der Waals surface area contributed by atoms with Crippen LogP contribution in [0.5, 0.6) is 0 Å². The summed E-state index contributed by atoms with van der Waals surface area (Å²) in [4.78, 5) is 2.28. The van der Waals surface area contributed by atoms with Crippen molar-refractivity contribution < 1.29 is 4.39 Å². The second kappa shape index (κ2) is 7.79. The van der Waals surface area contributed by atoms with Crippen molar-refractivity contribution in [1.29, 1.82) is 0 Å². The van der Waals surface area contributed by atoms with Gasteiger partial charge in [-0.3, -0.25) is 0 Å². The lowest BCUT2D eigenvalue weighted by molar-refractivity contribution is 0.610. The molecule has 2 nitrogen and oxygen atoms in total. The number of rotatable bonds is 7. The van der Waals surface area contributed by atoms with E-state index in [0.29, 0.717) is 6.54 Å². The lowest BCUT2D eigenvalue weighted by Gasteiger charge is -2.28. The summed E-state index contributed by atoms with van der Waals surface area (Å²) in [5.74, 6) is -0.234. The number of halogens is 1. The Morgan fingerprint density at radius 1 is 1.10 bits per heavy atom. The van der Waals surface area contributed by atoms with E-state index < -0.39 is 0 Å². The number of nitrogens with zero attached hydrogens (tertiary/aromatic N) is 1. The minimum atomic E-state index is -0.234. The Morgan fingerprint density at radius 2 is 1.86 bits per heavy atom. The highest BCUT2D eigenvalue weighted by atomic mass is 19.1. The summed E-state index contributed by atoms with van der Waals surface area (Å²) in [6, 6.07) is 16.6. The van der Waals surface area contributed by atoms with Crippen LogP contribution in [0, 0.1) is 5.82 Å². The standard InChI is InChI=1S/C18H23FN2/c1-2-3-12-21(17-10-5-4-6-11-17)14-18(20)15-8-7-9-16(19)13-15/h4-11,13,18H,2-3,12,14,20H2,1H3. The number of hydrogen-bond acceptors (Lipinski definition) is 2. The van der Waals surface area contributed by atoms with E-state index in [4.69, 9.17) is 5.73 Å². The number of benzene rings is 2. The average molecular weight is 286 g/mol. The maximum atomic E-state index is 13.3. The number of nitrogens with two attached hydrogens (primary N) is 1. The van der Waals surface area contributed by atoms with E-state index in [1.807, 2.05) is 24.3 Å². The van der Waals surface area contributed by atoms with Crippen molar-refractivity contribution >= 4 is 5.69 Å². The molecular formula is C18H23FN2. The first-order valence-corrected chi connectivity index (χ1v) is 7.51. The van der Waals surface area contributed by atoms with Crippen LogP contribution < -0.4 is 10.6 Å². The largest absolute Gasteiger partial charge is 0.370 e. The zero-order chi connectivity index (χ0) is 15.1. The highest BCUT2D eigenvalue weighted by Gasteiger charge is 2.13. The number of hydrogen-bond donors (Lipinski definition) is 1. The molecule has 0 saturated carbocycles. The monoisotopic (exact) mass is 286 g/mol. The Labute approximate surface area is 126 Å². The van der Waals surface area contributed by atoms with Crippen molar-refractivity contribution in [2.24, 2.45) is 5.73 Å². The number of para-hydroxylation sites is 1. The van der Waals surface area contributed by atoms with Crippen molar-refractivity contribution in [3.05, 3.63) is 66.0 Å². The van der Waals surface area contributed by atoms with Gasteiger partial charge < -0.3 is 10.6 Å². The molecule has 1 unspecified atom stereocenters. The van der Waals surface area contributed by atoms with Crippen molar-refractivity contribution in [3.8, 4) is 0 Å². The van der Waals surface area contributed by atoms with Crippen molar-refractivity contribution in [3.63, 3.8) is 0 Å². The van der Waals surface area contributed by atoms with E-state index in [2.05, 4.69) is 24.0 Å². The predicted molar refractivity (Wildman–Crippen MR) is 86.9 cm³/mol. The second-order valence-electron chi connectivity index (χ2n) is 5.30. The fourth-order valence-electron chi connectivity index (χ4n) is 2.39. The Kier molecular flexibility index (Phi) is 5.76. The van der Waals surface area contributed by atoms with Gasteiger partial charge in [0.25, 0.3) is 0 Å². The molecule has 3 heteroatoms. The topological polar surface area (TPSA) is 29.3 Å². The molecule has 0 aliphatic carbocycles. The van der Waals surface area contributed by atoms with Gasteiger partial charge in [-0.1, -0.05) is 43.7 Å². The molecule has 21 heavy (non-hydrogen) atoms. The van der Waals surface area contributed by atoms with Crippen molar-refractivity contribution in [1.82, 2.24) is 0 Å². The van der Waals surface area contributed by atoms with Gasteiger partial charge in [-0.25, -0.2) is 4.39 Å². The molecule has 0 fully saturated rings. The third-order valence-corrected chi connectivity index (χ3v) is 3.60. The zero-order valence-corrected chi connectivity index (χ0v) is 12.5. The molecule has 112 valence electrons. The fraction of sp³-hybridized carbons (Fsp3) is 0.333. The third-order valence-electron chi connectivity index (χ3n) is 3.60. The van der Waals surface area contributed by atoms with Crippen LogP contribution in [-0.2, 0) is 0 Å². The molecule has 1 atom stereocenters. The summed E-state index contributed by atoms with van der Waals surface area (Å²) in [7, 11) is 0. The first kappa shape index (κ1) is 15.5. The lowest BCUT2D eigenvalue weighted by atomic mass is 10.1. The summed E-state index contributed by atoms with van der Waals surface area (Å²) >= 11 is 0. The van der Waals surface area contributed by atoms with Crippen LogP contribution in [0.15, 0.2) is 54.6 Å². The first-order valence-electron chi connectivity index (χ1n) is 7.51. The van der Waals surface area contributed by atoms with Crippen LogP contribution >= 0.6 is 0 Å². The quantitative estimate of drug-likeness (QED) is 0.829. The Balaban J connectivity index is 2.11. The summed E-state index contributed by atoms with van der Waals surface area (Å²) < 4.78 is 13.3. The first-order chi connectivity index (χ1) is 10.2. The lowest BCUT2D eigenvalue weighted by Crippen LogP contribution is -2.33. The average Bonchev–Trinajstić information content (AvgIpc) is 2.52. The minimum absolute atomic E-state index is 0.197. The molecule has 0 bridgehead atoms. The normalized spacial score (nSPS) is 12.1. The Morgan fingerprint density at radius 3 is 2.52 bits per heavy atom. The van der Waals surface area contributed by atoms with E-state index >= 15 is 0 Å². The third kappa shape index (κ3) is 4.57. The van der Waals surface area contributed by atoms with Gasteiger partial charge in [-0.2, -0.15) is 0 Å². The molecule has 0 aliphatic rings. The molecule has 0 aliphatic heterocycles. The molecule has 0 radical (unpaired) electrons. The van der Waals surface area contributed by atoms with Crippen LogP contribution in [-0.4, -0.2) is 13.1 Å². The zero-order valence-electron chi connectivity index (χ0n) is 12.5. The molecule has 0 spiro atoms. The molecule has 0 heterocycles. The molecule has 2 aromatic rings. The van der Waals surface area contributed by atoms with Crippen LogP contribution in [0.3, 0.4) is 0 Å². The van der Waals surface area contributed by atoms with E-state index in [1.54, 1.807) is 6.07 Å². The van der Waals surface area contributed by atoms with Gasteiger partial charge in [0.2, 0.25) is 0 Å². The van der Waals surface area contributed by atoms with Gasteiger partial charge in [0.05, 0.1) is 0 Å². The highest BCUT2D eigenvalue weighted by molar-refractivity contribution is 5.46. The smallest absolute Gasteiger partial charge is 0.123 e. The maximum Gasteiger partial charge on any atom is 0.123 e. The van der Waals surface area contributed by atoms with Crippen molar-refractivity contribution in [2.75, 3.05) is 18.0 Å². The molecule has 0 aromatic heterocycles. The summed E-state index contributed by atoms with van der Waals surface area (Å²) in [5.41, 5.74) is 8.27. The fourth-order valence-corrected chi connectivity index (χ4v) is 2.39. The van der Waals surface area contributed by atoms with Crippen LogP contribution in [0.4, 0.5) is 10.1 Å². The van der Waals surface area contributed by atoms with Crippen LogP contribution in [0.2, 0.25) is 0 Å². The molecule has 0 saturated heterocycles. The number of unbranched alkanes of at least 4 members (excludes halogenated alkanes) is 1. The molecular weight excluding hydrogens is 263 g/mol. The molecule has 0 amide bonds. The summed E-state index contributed by atoms with van der Waals surface area (Å²) in [5, 5.41) is 0. The molecule has 2 aromatic carbocycles. The highest BCUT2D eigenvalue weighted by Crippen LogP contribution is 2.19. The van der Waals surface area contributed by atoms with Gasteiger partial charge >= 0.3 is 0 Å². The van der Waals surface area contributed by atoms with Gasteiger partial charge in [0, 0.05) is 24.8 Å². The van der Waals surface area contributed by atoms with E-state index in [-0.39, 0.29) is 11.9 Å². The SMILES string of the molecule is CCCCN(CC(N)c1cccc(F)c1)c1ccccc1. The van der Waals surface area contributed by atoms with E-state index in [9.17, 15) is 4.39 Å². The molecule has 2 rings (SSSR count). The predicted octanol–water partition coefficient (Wildman–Crippen LogP) is 4.13. The van der Waals surface area contributed by atoms with E-state index in [0.717, 1.165) is 30.6 Å². The second-order valence-corrected chi connectivity index (χ2v) is 5.30. The minimum Gasteiger partial charge on any atom is -0.370 e. The van der Waals surface area contributed by atoms with Crippen LogP contribution in [0.25, 0.3) is 0 Å². The summed E-state index contributed by atoms with van der Waals surface area (Å²) in [6.45, 7) is 3.83.